The van der Waals surface area contributed by atoms with E-state index in [2.05, 4.69) is 10.3 Å². The molecule has 1 aromatic carbocycles. The van der Waals surface area contributed by atoms with E-state index < -0.39 is 11.5 Å². The average Bonchev–Trinajstić information content (AvgIpc) is 2.48. The first kappa shape index (κ1) is 13.6. The van der Waals surface area contributed by atoms with E-state index in [1.165, 1.54) is 0 Å². The standard InChI is InChI=1S/C15H16N2O4/c18-13-11-4-2-1-3-10(11)9-12(16-13)17-15(14(19)20)5-7-21-8-6-15/h1-4,9H,5-8H2,(H,19,20)(H2,16,17,18). The van der Waals surface area contributed by atoms with Gasteiger partial charge in [-0.15, -0.1) is 0 Å². The van der Waals surface area contributed by atoms with Gasteiger partial charge in [-0.2, -0.15) is 0 Å². The van der Waals surface area contributed by atoms with Crippen molar-refractivity contribution >= 4 is 22.6 Å². The minimum atomic E-state index is -1.09. The summed E-state index contributed by atoms with van der Waals surface area (Å²) in [5.41, 5.74) is -1.33. The van der Waals surface area contributed by atoms with Crippen LogP contribution in [0.15, 0.2) is 35.1 Å². The number of fused-ring (bicyclic) bond motifs is 1. The number of benzene rings is 1. The minimum Gasteiger partial charge on any atom is -0.480 e. The molecule has 3 rings (SSSR count). The second-order valence-corrected chi connectivity index (χ2v) is 5.22. The summed E-state index contributed by atoms with van der Waals surface area (Å²) in [6.07, 6.45) is 0.717. The Morgan fingerprint density at radius 1 is 1.29 bits per heavy atom. The van der Waals surface area contributed by atoms with Gasteiger partial charge in [0.15, 0.2) is 0 Å². The summed E-state index contributed by atoms with van der Waals surface area (Å²) in [6, 6.07) is 8.96. The van der Waals surface area contributed by atoms with Gasteiger partial charge in [-0.3, -0.25) is 4.79 Å². The second kappa shape index (κ2) is 5.21. The van der Waals surface area contributed by atoms with Crippen LogP contribution in [0, 0.1) is 0 Å². The van der Waals surface area contributed by atoms with Gasteiger partial charge >= 0.3 is 5.97 Å². The lowest BCUT2D eigenvalue weighted by atomic mass is 9.90. The molecular weight excluding hydrogens is 272 g/mol. The van der Waals surface area contributed by atoms with Crippen LogP contribution in [0.5, 0.6) is 0 Å². The first-order valence-corrected chi connectivity index (χ1v) is 6.82. The predicted octanol–water partition coefficient (Wildman–Crippen LogP) is 1.57. The average molecular weight is 288 g/mol. The number of ether oxygens (including phenoxy) is 1. The van der Waals surface area contributed by atoms with Crippen LogP contribution in [0.1, 0.15) is 12.8 Å². The highest BCUT2D eigenvalue weighted by Crippen LogP contribution is 2.26. The lowest BCUT2D eigenvalue weighted by Crippen LogP contribution is -2.50. The molecule has 1 saturated heterocycles. The highest BCUT2D eigenvalue weighted by atomic mass is 16.5. The molecule has 1 aliphatic rings. The van der Waals surface area contributed by atoms with Gasteiger partial charge in [0.25, 0.3) is 5.56 Å². The number of aliphatic carboxylic acids is 1. The van der Waals surface area contributed by atoms with Crippen molar-refractivity contribution in [1.29, 1.82) is 0 Å². The second-order valence-electron chi connectivity index (χ2n) is 5.22. The zero-order chi connectivity index (χ0) is 14.9. The van der Waals surface area contributed by atoms with Crippen LogP contribution in [0.3, 0.4) is 0 Å². The molecule has 6 heteroatoms. The Labute approximate surface area is 120 Å². The molecule has 0 unspecified atom stereocenters. The van der Waals surface area contributed by atoms with Gasteiger partial charge in [0.2, 0.25) is 0 Å². The van der Waals surface area contributed by atoms with E-state index in [4.69, 9.17) is 4.74 Å². The van der Waals surface area contributed by atoms with Gasteiger partial charge in [0.1, 0.15) is 11.4 Å². The summed E-state index contributed by atoms with van der Waals surface area (Å²) in [7, 11) is 0. The zero-order valence-electron chi connectivity index (χ0n) is 11.4. The van der Waals surface area contributed by atoms with Crippen molar-refractivity contribution in [3.05, 3.63) is 40.7 Å². The van der Waals surface area contributed by atoms with Gasteiger partial charge in [0.05, 0.1) is 0 Å². The molecule has 0 spiro atoms. The van der Waals surface area contributed by atoms with Crippen LogP contribution in [-0.4, -0.2) is 34.8 Å². The summed E-state index contributed by atoms with van der Waals surface area (Å²) < 4.78 is 5.23. The quantitative estimate of drug-likeness (QED) is 0.797. The molecule has 2 heterocycles. The summed E-state index contributed by atoms with van der Waals surface area (Å²) in [5.74, 6) is -0.511. The fourth-order valence-corrected chi connectivity index (χ4v) is 2.65. The maximum Gasteiger partial charge on any atom is 0.329 e. The molecule has 1 aliphatic heterocycles. The van der Waals surface area contributed by atoms with Crippen LogP contribution in [0.4, 0.5) is 5.82 Å². The number of rotatable bonds is 3. The third-order valence-corrected chi connectivity index (χ3v) is 3.88. The minimum absolute atomic E-state index is 0.233. The maximum absolute atomic E-state index is 12.0. The van der Waals surface area contributed by atoms with Gasteiger partial charge in [0, 0.05) is 31.4 Å². The van der Waals surface area contributed by atoms with Gasteiger partial charge in [-0.05, 0) is 17.5 Å². The topological polar surface area (TPSA) is 91.4 Å². The number of hydrogen-bond acceptors (Lipinski definition) is 4. The van der Waals surface area contributed by atoms with E-state index in [0.29, 0.717) is 37.3 Å². The van der Waals surface area contributed by atoms with E-state index in [1.807, 2.05) is 12.1 Å². The number of aromatic nitrogens is 1. The largest absolute Gasteiger partial charge is 0.480 e. The molecule has 0 saturated carbocycles. The van der Waals surface area contributed by atoms with Crippen molar-refractivity contribution in [3.8, 4) is 0 Å². The Balaban J connectivity index is 2.00. The molecule has 110 valence electrons. The summed E-state index contributed by atoms with van der Waals surface area (Å²) >= 11 is 0. The third-order valence-electron chi connectivity index (χ3n) is 3.88. The Bertz CT molecular complexity index is 732. The molecule has 0 atom stereocenters. The Hall–Kier alpha value is -2.34. The number of pyridine rings is 1. The molecule has 6 nitrogen and oxygen atoms in total. The van der Waals surface area contributed by atoms with E-state index in [0.717, 1.165) is 5.39 Å². The van der Waals surface area contributed by atoms with Crippen LogP contribution in [0.25, 0.3) is 10.8 Å². The van der Waals surface area contributed by atoms with E-state index in [1.54, 1.807) is 18.2 Å². The first-order valence-electron chi connectivity index (χ1n) is 6.82. The van der Waals surface area contributed by atoms with Gasteiger partial charge in [-0.1, -0.05) is 18.2 Å². The number of carboxylic acids is 1. The van der Waals surface area contributed by atoms with Crippen molar-refractivity contribution in [2.45, 2.75) is 18.4 Å². The molecule has 0 bridgehead atoms. The van der Waals surface area contributed by atoms with Crippen molar-refractivity contribution in [2.75, 3.05) is 18.5 Å². The maximum atomic E-state index is 12.0. The SMILES string of the molecule is O=C(O)C1(Nc2cc3ccccc3c(=O)[nH]2)CCOCC1. The summed E-state index contributed by atoms with van der Waals surface area (Å²) in [6.45, 7) is 0.772. The van der Waals surface area contributed by atoms with Crippen LogP contribution in [-0.2, 0) is 9.53 Å². The smallest absolute Gasteiger partial charge is 0.329 e. The van der Waals surface area contributed by atoms with E-state index >= 15 is 0 Å². The first-order chi connectivity index (χ1) is 10.1. The van der Waals surface area contributed by atoms with E-state index in [-0.39, 0.29) is 5.56 Å². The molecule has 1 aromatic heterocycles. The fraction of sp³-hybridized carbons (Fsp3) is 0.333. The molecule has 3 N–H and O–H groups in total. The number of aromatic amines is 1. The van der Waals surface area contributed by atoms with Crippen LogP contribution in [0.2, 0.25) is 0 Å². The van der Waals surface area contributed by atoms with Gasteiger partial charge < -0.3 is 20.1 Å². The lowest BCUT2D eigenvalue weighted by molar-refractivity contribution is -0.145. The Kier molecular flexibility index (Phi) is 3.39. The molecule has 21 heavy (non-hydrogen) atoms. The van der Waals surface area contributed by atoms with Crippen molar-refractivity contribution < 1.29 is 14.6 Å². The van der Waals surface area contributed by atoms with E-state index in [9.17, 15) is 14.7 Å². The molecule has 1 fully saturated rings. The number of carboxylic acid groups (broad SMARTS) is 1. The molecular formula is C15H16N2O4. The zero-order valence-corrected chi connectivity index (χ0v) is 11.4. The third kappa shape index (κ3) is 2.50. The highest BCUT2D eigenvalue weighted by Gasteiger charge is 2.40. The van der Waals surface area contributed by atoms with Crippen LogP contribution >= 0.6 is 0 Å². The van der Waals surface area contributed by atoms with Crippen molar-refractivity contribution in [1.82, 2.24) is 4.98 Å². The molecule has 0 aliphatic carbocycles. The van der Waals surface area contributed by atoms with Gasteiger partial charge in [-0.25, -0.2) is 4.79 Å². The Morgan fingerprint density at radius 3 is 2.71 bits per heavy atom. The number of hydrogen-bond donors (Lipinski definition) is 3. The fourth-order valence-electron chi connectivity index (χ4n) is 2.65. The Morgan fingerprint density at radius 2 is 2.00 bits per heavy atom. The summed E-state index contributed by atoms with van der Waals surface area (Å²) in [4.78, 5) is 26.4. The summed E-state index contributed by atoms with van der Waals surface area (Å²) in [5, 5.41) is 13.9. The number of H-pyrrole nitrogens is 1. The lowest BCUT2D eigenvalue weighted by Gasteiger charge is -2.34. The van der Waals surface area contributed by atoms with Crippen molar-refractivity contribution in [2.24, 2.45) is 0 Å². The number of carbonyl (C=O) groups is 1. The normalized spacial score (nSPS) is 17.5. The highest BCUT2D eigenvalue weighted by molar-refractivity contribution is 5.86. The number of anilines is 1. The number of nitrogens with one attached hydrogen (secondary N) is 2. The van der Waals surface area contributed by atoms with Crippen molar-refractivity contribution in [3.63, 3.8) is 0 Å². The predicted molar refractivity (Wildman–Crippen MR) is 78.6 cm³/mol. The van der Waals surface area contributed by atoms with Crippen LogP contribution < -0.4 is 10.9 Å². The molecule has 2 aromatic rings. The molecule has 0 amide bonds. The molecule has 0 radical (unpaired) electrons. The monoisotopic (exact) mass is 288 g/mol.